The van der Waals surface area contributed by atoms with E-state index in [0.717, 1.165) is 36.5 Å². The summed E-state index contributed by atoms with van der Waals surface area (Å²) in [4.78, 5) is 10.3. The second-order valence-corrected chi connectivity index (χ2v) is 8.00. The Labute approximate surface area is 176 Å². The Hall–Kier alpha value is -3.34. The van der Waals surface area contributed by atoms with E-state index in [1.807, 2.05) is 24.4 Å². The Morgan fingerprint density at radius 3 is 2.70 bits per heavy atom. The van der Waals surface area contributed by atoms with Crippen molar-refractivity contribution < 1.29 is 4.84 Å². The minimum absolute atomic E-state index is 0.284. The van der Waals surface area contributed by atoms with Crippen molar-refractivity contribution in [1.82, 2.24) is 14.1 Å². The molecule has 5 nitrogen and oxygen atoms in total. The van der Waals surface area contributed by atoms with Crippen LogP contribution < -0.4 is 0 Å². The molecular formula is C25H26N4O. The molecule has 2 aromatic heterocycles. The normalized spacial score (nSPS) is 17.4. The molecule has 0 radical (unpaired) electrons. The Balaban J connectivity index is 1.55. The van der Waals surface area contributed by atoms with Crippen molar-refractivity contribution in [3.05, 3.63) is 89.6 Å². The number of benzene rings is 2. The fourth-order valence-electron chi connectivity index (χ4n) is 4.56. The van der Waals surface area contributed by atoms with E-state index in [-0.39, 0.29) is 5.92 Å². The van der Waals surface area contributed by atoms with E-state index >= 15 is 0 Å². The molecule has 2 aromatic carbocycles. The number of nitrogens with zero attached hydrogens (tertiary/aromatic N) is 4. The molecule has 0 saturated carbocycles. The van der Waals surface area contributed by atoms with Crippen LogP contribution in [0.5, 0.6) is 0 Å². The van der Waals surface area contributed by atoms with Gasteiger partial charge in [-0.2, -0.15) is 0 Å². The van der Waals surface area contributed by atoms with Crippen LogP contribution >= 0.6 is 0 Å². The number of fused-ring (bicyclic) bond motifs is 3. The van der Waals surface area contributed by atoms with Crippen LogP contribution in [0.1, 0.15) is 29.1 Å². The predicted octanol–water partition coefficient (Wildman–Crippen LogP) is 4.87. The summed E-state index contributed by atoms with van der Waals surface area (Å²) in [5.41, 5.74) is 6.01. The standard InChI is InChI=1S/C25H26N4O/c1-18-26-14-15-29(18)16-20-12-13-23-24(21-10-6-7-11-22(21)28(23)2)25(20)27-30-17-19-8-4-3-5-9-19/h3-11,14-15,20H,12-13,16-17H2,1-2H3/b27-25+. The highest BCUT2D eigenvalue weighted by molar-refractivity contribution is 6.13. The Morgan fingerprint density at radius 1 is 1.10 bits per heavy atom. The number of para-hydroxylation sites is 1. The first-order valence-corrected chi connectivity index (χ1v) is 10.5. The molecular weight excluding hydrogens is 372 g/mol. The van der Waals surface area contributed by atoms with Crippen LogP contribution in [-0.2, 0) is 31.5 Å². The van der Waals surface area contributed by atoms with E-state index in [1.165, 1.54) is 22.2 Å². The predicted molar refractivity (Wildman–Crippen MR) is 119 cm³/mol. The Bertz CT molecular complexity index is 1200. The van der Waals surface area contributed by atoms with E-state index in [1.54, 1.807) is 0 Å². The Kier molecular flexibility index (Phi) is 4.87. The van der Waals surface area contributed by atoms with E-state index in [2.05, 4.69) is 70.7 Å². The van der Waals surface area contributed by atoms with Gasteiger partial charge in [-0.3, -0.25) is 0 Å². The van der Waals surface area contributed by atoms with Crippen molar-refractivity contribution in [3.8, 4) is 0 Å². The highest BCUT2D eigenvalue weighted by atomic mass is 16.6. The van der Waals surface area contributed by atoms with E-state index in [0.29, 0.717) is 6.61 Å². The fourth-order valence-corrected chi connectivity index (χ4v) is 4.56. The minimum atomic E-state index is 0.284. The molecule has 0 fully saturated rings. The van der Waals surface area contributed by atoms with Crippen molar-refractivity contribution >= 4 is 16.6 Å². The maximum Gasteiger partial charge on any atom is 0.142 e. The maximum atomic E-state index is 5.91. The molecule has 0 bridgehead atoms. The zero-order valence-electron chi connectivity index (χ0n) is 17.5. The van der Waals surface area contributed by atoms with Gasteiger partial charge in [-0.1, -0.05) is 53.7 Å². The Morgan fingerprint density at radius 2 is 1.90 bits per heavy atom. The van der Waals surface area contributed by atoms with Crippen molar-refractivity contribution in [2.24, 2.45) is 18.1 Å². The van der Waals surface area contributed by atoms with Gasteiger partial charge in [0.25, 0.3) is 0 Å². The lowest BCUT2D eigenvalue weighted by atomic mass is 9.84. The van der Waals surface area contributed by atoms with Gasteiger partial charge in [-0.15, -0.1) is 0 Å². The van der Waals surface area contributed by atoms with Gasteiger partial charge in [0.15, 0.2) is 0 Å². The number of oxime groups is 1. The van der Waals surface area contributed by atoms with Gasteiger partial charge >= 0.3 is 0 Å². The summed E-state index contributed by atoms with van der Waals surface area (Å²) in [6.45, 7) is 3.39. The van der Waals surface area contributed by atoms with Crippen LogP contribution in [0, 0.1) is 12.8 Å². The number of aryl methyl sites for hydroxylation is 2. The van der Waals surface area contributed by atoms with Gasteiger partial charge in [0.2, 0.25) is 0 Å². The molecule has 30 heavy (non-hydrogen) atoms. The molecule has 0 amide bonds. The molecule has 0 aliphatic heterocycles. The highest BCUT2D eigenvalue weighted by Crippen LogP contribution is 2.35. The lowest BCUT2D eigenvalue weighted by Crippen LogP contribution is -2.28. The van der Waals surface area contributed by atoms with Gasteiger partial charge in [0.1, 0.15) is 12.4 Å². The summed E-state index contributed by atoms with van der Waals surface area (Å²) in [6.07, 6.45) is 6.00. The molecule has 0 saturated heterocycles. The number of imidazole rings is 1. The molecule has 1 aliphatic carbocycles. The summed E-state index contributed by atoms with van der Waals surface area (Å²) < 4.78 is 4.53. The van der Waals surface area contributed by atoms with Crippen LogP contribution in [-0.4, -0.2) is 19.8 Å². The van der Waals surface area contributed by atoms with Gasteiger partial charge < -0.3 is 14.0 Å². The zero-order valence-corrected chi connectivity index (χ0v) is 17.5. The zero-order chi connectivity index (χ0) is 20.5. The van der Waals surface area contributed by atoms with Gasteiger partial charge in [0, 0.05) is 54.1 Å². The molecule has 1 aliphatic rings. The molecule has 2 heterocycles. The van der Waals surface area contributed by atoms with Gasteiger partial charge in [0.05, 0.1) is 5.71 Å². The second-order valence-electron chi connectivity index (χ2n) is 8.00. The SMILES string of the molecule is Cc1nccn1CC1CCc2c(c3ccccc3n2C)/C1=N/OCc1ccccc1. The third kappa shape index (κ3) is 3.30. The van der Waals surface area contributed by atoms with Crippen molar-refractivity contribution in [1.29, 1.82) is 0 Å². The summed E-state index contributed by atoms with van der Waals surface area (Å²) in [5.74, 6) is 1.32. The fraction of sp³-hybridized carbons (Fsp3) is 0.280. The monoisotopic (exact) mass is 398 g/mol. The second kappa shape index (κ2) is 7.82. The first kappa shape index (κ1) is 18.7. The first-order chi connectivity index (χ1) is 14.7. The van der Waals surface area contributed by atoms with Crippen LogP contribution in [0.25, 0.3) is 10.9 Å². The summed E-state index contributed by atoms with van der Waals surface area (Å²) in [7, 11) is 2.16. The van der Waals surface area contributed by atoms with Crippen molar-refractivity contribution in [3.63, 3.8) is 0 Å². The first-order valence-electron chi connectivity index (χ1n) is 10.5. The lowest BCUT2D eigenvalue weighted by molar-refractivity contribution is 0.128. The average Bonchev–Trinajstić information content (AvgIpc) is 3.31. The van der Waals surface area contributed by atoms with Crippen LogP contribution in [0.2, 0.25) is 0 Å². The van der Waals surface area contributed by atoms with Crippen molar-refractivity contribution in [2.45, 2.75) is 32.9 Å². The van der Waals surface area contributed by atoms with Crippen LogP contribution in [0.4, 0.5) is 0 Å². The van der Waals surface area contributed by atoms with Crippen molar-refractivity contribution in [2.75, 3.05) is 0 Å². The molecule has 5 rings (SSSR count). The maximum absolute atomic E-state index is 5.91. The topological polar surface area (TPSA) is 44.3 Å². The van der Waals surface area contributed by atoms with Gasteiger partial charge in [-0.05, 0) is 31.4 Å². The summed E-state index contributed by atoms with van der Waals surface area (Å²) in [5, 5.41) is 6.00. The van der Waals surface area contributed by atoms with Crippen LogP contribution in [0.3, 0.4) is 0 Å². The molecule has 5 heteroatoms. The third-order valence-corrected chi connectivity index (χ3v) is 6.18. The summed E-state index contributed by atoms with van der Waals surface area (Å²) in [6, 6.07) is 18.8. The number of rotatable bonds is 5. The minimum Gasteiger partial charge on any atom is -0.391 e. The van der Waals surface area contributed by atoms with E-state index in [9.17, 15) is 0 Å². The number of hydrogen-bond donors (Lipinski definition) is 0. The summed E-state index contributed by atoms with van der Waals surface area (Å²) >= 11 is 0. The number of hydrogen-bond acceptors (Lipinski definition) is 3. The van der Waals surface area contributed by atoms with Crippen LogP contribution in [0.15, 0.2) is 72.1 Å². The molecule has 0 N–H and O–H groups in total. The van der Waals surface area contributed by atoms with E-state index < -0.39 is 0 Å². The third-order valence-electron chi connectivity index (χ3n) is 6.18. The quantitative estimate of drug-likeness (QED) is 0.450. The largest absolute Gasteiger partial charge is 0.391 e. The number of aromatic nitrogens is 3. The molecule has 4 aromatic rings. The molecule has 0 spiro atoms. The molecule has 1 unspecified atom stereocenters. The molecule has 1 atom stereocenters. The lowest BCUT2D eigenvalue weighted by Gasteiger charge is -2.26. The average molecular weight is 399 g/mol. The molecule has 152 valence electrons. The smallest absolute Gasteiger partial charge is 0.142 e. The van der Waals surface area contributed by atoms with E-state index in [4.69, 9.17) is 9.99 Å². The van der Waals surface area contributed by atoms with Gasteiger partial charge in [-0.25, -0.2) is 4.98 Å². The highest BCUT2D eigenvalue weighted by Gasteiger charge is 2.31.